The highest BCUT2D eigenvalue weighted by Gasteiger charge is 2.06. The summed E-state index contributed by atoms with van der Waals surface area (Å²) in [5.74, 6) is -0.484. The summed E-state index contributed by atoms with van der Waals surface area (Å²) in [6.07, 6.45) is 0. The molecule has 1 aromatic rings. The van der Waals surface area contributed by atoms with Crippen LogP contribution in [0.4, 0.5) is 4.39 Å². The molecular formula is C10H11FN2O. The molecule has 0 saturated carbocycles. The van der Waals surface area contributed by atoms with Crippen LogP contribution >= 0.6 is 0 Å². The Morgan fingerprint density at radius 1 is 1.57 bits per heavy atom. The number of nitrogens with zero attached hydrogens (tertiary/aromatic N) is 1. The number of nitriles is 1. The Hall–Kier alpha value is -1.44. The first-order valence-electron chi connectivity index (χ1n) is 4.31. The van der Waals surface area contributed by atoms with Gasteiger partial charge in [0, 0.05) is 12.1 Å². The topological polar surface area (TPSA) is 45.0 Å². The maximum absolute atomic E-state index is 13.4. The van der Waals surface area contributed by atoms with Crippen molar-refractivity contribution in [3.63, 3.8) is 0 Å². The molecule has 0 amide bonds. The van der Waals surface area contributed by atoms with Crippen LogP contribution < -0.4 is 5.48 Å². The number of hydrogen-bond acceptors (Lipinski definition) is 3. The van der Waals surface area contributed by atoms with Gasteiger partial charge in [0.2, 0.25) is 0 Å². The standard InChI is InChI=1S/C10H11FN2O/c1-2-14-13-7-9-5-3-4-8(6-12)10(9)11/h3-5,13H,2,7H2,1H3. The molecule has 0 aliphatic carbocycles. The number of hydroxylamine groups is 1. The van der Waals surface area contributed by atoms with E-state index in [0.717, 1.165) is 0 Å². The zero-order chi connectivity index (χ0) is 10.4. The molecule has 0 unspecified atom stereocenters. The molecule has 74 valence electrons. The highest BCUT2D eigenvalue weighted by molar-refractivity contribution is 5.34. The van der Waals surface area contributed by atoms with Crippen molar-refractivity contribution >= 4 is 0 Å². The van der Waals surface area contributed by atoms with Gasteiger partial charge in [0.05, 0.1) is 12.2 Å². The lowest BCUT2D eigenvalue weighted by molar-refractivity contribution is 0.0457. The first-order valence-corrected chi connectivity index (χ1v) is 4.31. The van der Waals surface area contributed by atoms with Crippen LogP contribution in [0, 0.1) is 17.1 Å². The van der Waals surface area contributed by atoms with E-state index in [1.807, 2.05) is 6.92 Å². The fraction of sp³-hybridized carbons (Fsp3) is 0.300. The fourth-order valence-electron chi connectivity index (χ4n) is 1.03. The van der Waals surface area contributed by atoms with Crippen LogP contribution in [0.5, 0.6) is 0 Å². The maximum Gasteiger partial charge on any atom is 0.145 e. The summed E-state index contributed by atoms with van der Waals surface area (Å²) in [5, 5.41) is 8.57. The van der Waals surface area contributed by atoms with Crippen molar-refractivity contribution in [1.29, 1.82) is 5.26 Å². The summed E-state index contributed by atoms with van der Waals surface area (Å²) >= 11 is 0. The lowest BCUT2D eigenvalue weighted by atomic mass is 10.1. The Labute approximate surface area is 82.1 Å². The SMILES string of the molecule is CCONCc1cccc(C#N)c1F. The van der Waals surface area contributed by atoms with Gasteiger partial charge in [-0.2, -0.15) is 10.7 Å². The summed E-state index contributed by atoms with van der Waals surface area (Å²) < 4.78 is 13.4. The molecule has 14 heavy (non-hydrogen) atoms. The van der Waals surface area contributed by atoms with E-state index in [2.05, 4.69) is 5.48 Å². The lowest BCUT2D eigenvalue weighted by Crippen LogP contribution is -2.14. The molecule has 0 aliphatic rings. The molecule has 0 aliphatic heterocycles. The maximum atomic E-state index is 13.4. The van der Waals surface area contributed by atoms with Crippen molar-refractivity contribution in [2.24, 2.45) is 0 Å². The second-order valence-corrected chi connectivity index (χ2v) is 2.64. The summed E-state index contributed by atoms with van der Waals surface area (Å²) in [5.41, 5.74) is 3.08. The Bertz CT molecular complexity index is 346. The molecule has 1 rings (SSSR count). The van der Waals surface area contributed by atoms with Crippen LogP contribution in [0.3, 0.4) is 0 Å². The summed E-state index contributed by atoms with van der Waals surface area (Å²) in [4.78, 5) is 4.87. The van der Waals surface area contributed by atoms with Crippen LogP contribution in [0.25, 0.3) is 0 Å². The molecule has 0 saturated heterocycles. The van der Waals surface area contributed by atoms with E-state index in [1.54, 1.807) is 18.2 Å². The minimum atomic E-state index is -0.484. The van der Waals surface area contributed by atoms with Crippen LogP contribution in [-0.4, -0.2) is 6.61 Å². The van der Waals surface area contributed by atoms with Crippen molar-refractivity contribution in [3.8, 4) is 6.07 Å². The van der Waals surface area contributed by atoms with E-state index in [-0.39, 0.29) is 12.1 Å². The largest absolute Gasteiger partial charge is 0.302 e. The number of rotatable bonds is 4. The Balaban J connectivity index is 2.73. The quantitative estimate of drug-likeness (QED) is 0.586. The van der Waals surface area contributed by atoms with Gasteiger partial charge in [-0.3, -0.25) is 0 Å². The van der Waals surface area contributed by atoms with Crippen molar-refractivity contribution in [2.75, 3.05) is 6.61 Å². The molecule has 0 heterocycles. The number of hydrogen-bond donors (Lipinski definition) is 1. The van der Waals surface area contributed by atoms with Gasteiger partial charge < -0.3 is 4.84 Å². The predicted octanol–water partition coefficient (Wildman–Crippen LogP) is 1.74. The van der Waals surface area contributed by atoms with Crippen LogP contribution in [0.15, 0.2) is 18.2 Å². The average molecular weight is 194 g/mol. The lowest BCUT2D eigenvalue weighted by Gasteiger charge is -2.05. The highest BCUT2D eigenvalue weighted by Crippen LogP contribution is 2.11. The summed E-state index contributed by atoms with van der Waals surface area (Å²) in [6, 6.07) is 6.48. The summed E-state index contributed by atoms with van der Waals surface area (Å²) in [6.45, 7) is 2.60. The van der Waals surface area contributed by atoms with Crippen molar-refractivity contribution < 1.29 is 9.23 Å². The molecule has 0 bridgehead atoms. The van der Waals surface area contributed by atoms with Gasteiger partial charge in [0.25, 0.3) is 0 Å². The van der Waals surface area contributed by atoms with Crippen molar-refractivity contribution in [1.82, 2.24) is 5.48 Å². The normalized spacial score (nSPS) is 9.79. The van der Waals surface area contributed by atoms with Gasteiger partial charge in [-0.25, -0.2) is 4.39 Å². The molecule has 3 nitrogen and oxygen atoms in total. The molecular weight excluding hydrogens is 183 g/mol. The van der Waals surface area contributed by atoms with E-state index in [4.69, 9.17) is 10.1 Å². The van der Waals surface area contributed by atoms with Gasteiger partial charge in [-0.15, -0.1) is 0 Å². The zero-order valence-electron chi connectivity index (χ0n) is 7.88. The van der Waals surface area contributed by atoms with Gasteiger partial charge in [-0.05, 0) is 13.0 Å². The monoisotopic (exact) mass is 194 g/mol. The molecule has 4 heteroatoms. The van der Waals surface area contributed by atoms with E-state index in [0.29, 0.717) is 12.2 Å². The van der Waals surface area contributed by atoms with Gasteiger partial charge in [0.1, 0.15) is 11.9 Å². The second-order valence-electron chi connectivity index (χ2n) is 2.64. The van der Waals surface area contributed by atoms with Gasteiger partial charge in [-0.1, -0.05) is 12.1 Å². The van der Waals surface area contributed by atoms with Crippen LogP contribution in [0.1, 0.15) is 18.1 Å². The third kappa shape index (κ3) is 2.52. The zero-order valence-corrected chi connectivity index (χ0v) is 7.88. The minimum Gasteiger partial charge on any atom is -0.302 e. The average Bonchev–Trinajstić information content (AvgIpc) is 2.21. The molecule has 0 fully saturated rings. The molecule has 0 spiro atoms. The molecule has 0 radical (unpaired) electrons. The Morgan fingerprint density at radius 2 is 2.36 bits per heavy atom. The van der Waals surface area contributed by atoms with E-state index in [9.17, 15) is 4.39 Å². The smallest absolute Gasteiger partial charge is 0.145 e. The van der Waals surface area contributed by atoms with Crippen LogP contribution in [0.2, 0.25) is 0 Å². The van der Waals surface area contributed by atoms with Crippen molar-refractivity contribution in [3.05, 3.63) is 35.1 Å². The number of halogens is 1. The van der Waals surface area contributed by atoms with Gasteiger partial charge in [0.15, 0.2) is 0 Å². The molecule has 1 aromatic carbocycles. The third-order valence-electron chi connectivity index (χ3n) is 1.71. The minimum absolute atomic E-state index is 0.0563. The molecule has 1 N–H and O–H groups in total. The first kappa shape index (κ1) is 10.6. The molecule has 0 atom stereocenters. The number of nitrogens with one attached hydrogen (secondary N) is 1. The first-order chi connectivity index (χ1) is 6.79. The second kappa shape index (κ2) is 5.32. The van der Waals surface area contributed by atoms with Crippen molar-refractivity contribution in [2.45, 2.75) is 13.5 Å². The summed E-state index contributed by atoms with van der Waals surface area (Å²) in [7, 11) is 0. The van der Waals surface area contributed by atoms with Crippen LogP contribution in [-0.2, 0) is 11.4 Å². The Morgan fingerprint density at radius 3 is 3.00 bits per heavy atom. The van der Waals surface area contributed by atoms with Gasteiger partial charge >= 0.3 is 0 Å². The third-order valence-corrected chi connectivity index (χ3v) is 1.71. The highest BCUT2D eigenvalue weighted by atomic mass is 19.1. The molecule has 0 aromatic heterocycles. The van der Waals surface area contributed by atoms with E-state index < -0.39 is 5.82 Å². The Kier molecular flexibility index (Phi) is 4.05. The number of benzene rings is 1. The van der Waals surface area contributed by atoms with E-state index >= 15 is 0 Å². The fourth-order valence-corrected chi connectivity index (χ4v) is 1.03. The predicted molar refractivity (Wildman–Crippen MR) is 49.6 cm³/mol. The van der Waals surface area contributed by atoms with E-state index in [1.165, 1.54) is 6.07 Å².